The van der Waals surface area contributed by atoms with E-state index in [4.69, 9.17) is 5.11 Å². The molecule has 0 saturated carbocycles. The molecule has 0 heterocycles. The Labute approximate surface area is 135 Å². The van der Waals surface area contributed by atoms with Crippen LogP contribution < -0.4 is 5.32 Å². The molecule has 0 radical (unpaired) electrons. The van der Waals surface area contributed by atoms with Gasteiger partial charge in [-0.15, -0.1) is 0 Å². The van der Waals surface area contributed by atoms with Crippen LogP contribution in [0.1, 0.15) is 24.0 Å². The summed E-state index contributed by atoms with van der Waals surface area (Å²) in [5.74, 6) is -1.58. The van der Waals surface area contributed by atoms with Crippen molar-refractivity contribution >= 4 is 11.9 Å². The minimum Gasteiger partial charge on any atom is -0.478 e. The zero-order chi connectivity index (χ0) is 16.7. The van der Waals surface area contributed by atoms with Crippen LogP contribution in [-0.2, 0) is 9.59 Å². The molecule has 0 aromatic heterocycles. The van der Waals surface area contributed by atoms with Gasteiger partial charge in [0.15, 0.2) is 0 Å². The number of benzene rings is 2. The molecular weight excluding hydrogens is 290 g/mol. The standard InChI is InChI=1S/C19H19NO3/c1-14(20-17(21)12-13-18(22)23)19(15-8-4-2-5-9-15)16-10-6-3-7-11-16/h2-14,19H,1H3,(H,20,21)(H,22,23)/b13-12-/t14-/m1/s1. The molecule has 0 fully saturated rings. The van der Waals surface area contributed by atoms with Gasteiger partial charge in [-0.3, -0.25) is 4.79 Å². The van der Waals surface area contributed by atoms with Crippen LogP contribution >= 0.6 is 0 Å². The molecule has 23 heavy (non-hydrogen) atoms. The summed E-state index contributed by atoms with van der Waals surface area (Å²) in [6.07, 6.45) is 1.87. The minimum absolute atomic E-state index is 0.0143. The molecule has 1 atom stereocenters. The van der Waals surface area contributed by atoms with Crippen molar-refractivity contribution in [3.63, 3.8) is 0 Å². The minimum atomic E-state index is -1.14. The molecule has 2 rings (SSSR count). The van der Waals surface area contributed by atoms with Gasteiger partial charge in [0, 0.05) is 24.1 Å². The van der Waals surface area contributed by atoms with Gasteiger partial charge in [-0.05, 0) is 18.1 Å². The van der Waals surface area contributed by atoms with E-state index in [9.17, 15) is 9.59 Å². The molecule has 0 saturated heterocycles. The smallest absolute Gasteiger partial charge is 0.328 e. The predicted molar refractivity (Wildman–Crippen MR) is 89.1 cm³/mol. The number of hydrogen-bond acceptors (Lipinski definition) is 2. The number of amides is 1. The van der Waals surface area contributed by atoms with Gasteiger partial charge in [0.25, 0.3) is 0 Å². The number of aliphatic carboxylic acids is 1. The first-order valence-electron chi connectivity index (χ1n) is 7.39. The molecule has 0 aliphatic heterocycles. The average Bonchev–Trinajstić information content (AvgIpc) is 2.55. The van der Waals surface area contributed by atoms with E-state index < -0.39 is 11.9 Å². The maximum atomic E-state index is 11.9. The summed E-state index contributed by atoms with van der Waals surface area (Å²) in [6.45, 7) is 1.91. The summed E-state index contributed by atoms with van der Waals surface area (Å²) < 4.78 is 0. The molecule has 0 aliphatic rings. The van der Waals surface area contributed by atoms with Crippen molar-refractivity contribution in [2.24, 2.45) is 0 Å². The second-order valence-corrected chi connectivity index (χ2v) is 5.27. The molecule has 2 aromatic rings. The van der Waals surface area contributed by atoms with Crippen LogP contribution in [0.5, 0.6) is 0 Å². The van der Waals surface area contributed by atoms with Crippen LogP contribution in [0.4, 0.5) is 0 Å². The SMILES string of the molecule is C[C@@H](NC(=O)/C=C\C(=O)O)C(c1ccccc1)c1ccccc1. The highest BCUT2D eigenvalue weighted by atomic mass is 16.4. The zero-order valence-electron chi connectivity index (χ0n) is 12.8. The van der Waals surface area contributed by atoms with Crippen LogP contribution in [0.15, 0.2) is 72.8 Å². The Morgan fingerprint density at radius 1 is 0.913 bits per heavy atom. The van der Waals surface area contributed by atoms with Crippen molar-refractivity contribution in [3.8, 4) is 0 Å². The van der Waals surface area contributed by atoms with Gasteiger partial charge in [0.1, 0.15) is 0 Å². The summed E-state index contributed by atoms with van der Waals surface area (Å²) in [6, 6.07) is 19.6. The molecule has 118 valence electrons. The molecule has 4 nitrogen and oxygen atoms in total. The molecule has 4 heteroatoms. The number of carbonyl (C=O) groups excluding carboxylic acids is 1. The molecule has 0 spiro atoms. The van der Waals surface area contributed by atoms with E-state index in [0.29, 0.717) is 0 Å². The number of hydrogen-bond donors (Lipinski definition) is 2. The molecule has 0 unspecified atom stereocenters. The largest absolute Gasteiger partial charge is 0.478 e. The molecule has 2 N–H and O–H groups in total. The van der Waals surface area contributed by atoms with Gasteiger partial charge in [0.05, 0.1) is 0 Å². The number of carboxylic acids is 1. The maximum absolute atomic E-state index is 11.9. The lowest BCUT2D eigenvalue weighted by molar-refractivity contribution is -0.131. The molecule has 2 aromatic carbocycles. The Bertz CT molecular complexity index is 641. The van der Waals surface area contributed by atoms with E-state index in [1.807, 2.05) is 67.6 Å². The number of carboxylic acid groups (broad SMARTS) is 1. The summed E-state index contributed by atoms with van der Waals surface area (Å²) in [5, 5.41) is 11.4. The van der Waals surface area contributed by atoms with Gasteiger partial charge in [-0.25, -0.2) is 4.79 Å². The summed E-state index contributed by atoms with van der Waals surface area (Å²) in [7, 11) is 0. The van der Waals surface area contributed by atoms with Crippen molar-refractivity contribution in [2.45, 2.75) is 18.9 Å². The van der Waals surface area contributed by atoms with Gasteiger partial charge in [-0.2, -0.15) is 0 Å². The lowest BCUT2D eigenvalue weighted by atomic mass is 9.86. The zero-order valence-corrected chi connectivity index (χ0v) is 12.8. The van der Waals surface area contributed by atoms with E-state index in [2.05, 4.69) is 5.32 Å². The van der Waals surface area contributed by atoms with E-state index in [1.165, 1.54) is 0 Å². The van der Waals surface area contributed by atoms with E-state index >= 15 is 0 Å². The van der Waals surface area contributed by atoms with Crippen molar-refractivity contribution in [3.05, 3.63) is 83.9 Å². The second kappa shape index (κ2) is 7.94. The first kappa shape index (κ1) is 16.5. The van der Waals surface area contributed by atoms with E-state index in [-0.39, 0.29) is 12.0 Å². The Morgan fingerprint density at radius 3 is 1.83 bits per heavy atom. The summed E-state index contributed by atoms with van der Waals surface area (Å²) in [5.41, 5.74) is 2.18. The molecular formula is C19H19NO3. The van der Waals surface area contributed by atoms with Crippen LogP contribution in [0.25, 0.3) is 0 Å². The first-order chi connectivity index (χ1) is 11.1. The number of rotatable bonds is 6. The number of nitrogens with one attached hydrogen (secondary N) is 1. The van der Waals surface area contributed by atoms with Gasteiger partial charge < -0.3 is 10.4 Å². The molecule has 1 amide bonds. The average molecular weight is 309 g/mol. The summed E-state index contributed by atoms with van der Waals surface area (Å²) in [4.78, 5) is 22.4. The van der Waals surface area contributed by atoms with Crippen molar-refractivity contribution in [1.82, 2.24) is 5.32 Å². The Balaban J connectivity index is 2.24. The highest BCUT2D eigenvalue weighted by Crippen LogP contribution is 2.27. The van der Waals surface area contributed by atoms with E-state index in [1.54, 1.807) is 0 Å². The maximum Gasteiger partial charge on any atom is 0.328 e. The lowest BCUT2D eigenvalue weighted by Gasteiger charge is -2.25. The Morgan fingerprint density at radius 2 is 1.39 bits per heavy atom. The fourth-order valence-corrected chi connectivity index (χ4v) is 2.59. The molecule has 0 aliphatic carbocycles. The highest BCUT2D eigenvalue weighted by Gasteiger charge is 2.22. The van der Waals surface area contributed by atoms with Gasteiger partial charge in [-0.1, -0.05) is 60.7 Å². The monoisotopic (exact) mass is 309 g/mol. The number of carbonyl (C=O) groups is 2. The van der Waals surface area contributed by atoms with Crippen LogP contribution in [0.3, 0.4) is 0 Å². The predicted octanol–water partition coefficient (Wildman–Crippen LogP) is 2.96. The topological polar surface area (TPSA) is 66.4 Å². The van der Waals surface area contributed by atoms with Crippen molar-refractivity contribution in [1.29, 1.82) is 0 Å². The third-order valence-corrected chi connectivity index (χ3v) is 3.56. The normalized spacial score (nSPS) is 12.3. The van der Waals surface area contributed by atoms with E-state index in [0.717, 1.165) is 23.3 Å². The fourth-order valence-electron chi connectivity index (χ4n) is 2.59. The quantitative estimate of drug-likeness (QED) is 0.806. The van der Waals surface area contributed by atoms with Crippen LogP contribution in [-0.4, -0.2) is 23.0 Å². The lowest BCUT2D eigenvalue weighted by Crippen LogP contribution is -2.36. The third-order valence-electron chi connectivity index (χ3n) is 3.56. The highest BCUT2D eigenvalue weighted by molar-refractivity contribution is 5.94. The van der Waals surface area contributed by atoms with Gasteiger partial charge >= 0.3 is 5.97 Å². The first-order valence-corrected chi connectivity index (χ1v) is 7.39. The third kappa shape index (κ3) is 4.81. The Kier molecular flexibility index (Phi) is 5.69. The van der Waals surface area contributed by atoms with Crippen LogP contribution in [0.2, 0.25) is 0 Å². The molecule has 0 bridgehead atoms. The second-order valence-electron chi connectivity index (χ2n) is 5.27. The van der Waals surface area contributed by atoms with Crippen molar-refractivity contribution in [2.75, 3.05) is 0 Å². The Hall–Kier alpha value is -2.88. The van der Waals surface area contributed by atoms with Crippen LogP contribution in [0, 0.1) is 0 Å². The fraction of sp³-hybridized carbons (Fsp3) is 0.158. The van der Waals surface area contributed by atoms with Gasteiger partial charge in [0.2, 0.25) is 5.91 Å². The summed E-state index contributed by atoms with van der Waals surface area (Å²) >= 11 is 0. The van der Waals surface area contributed by atoms with Crippen molar-refractivity contribution < 1.29 is 14.7 Å².